The number of amides is 1. The van der Waals surface area contributed by atoms with Crippen molar-refractivity contribution in [3.05, 3.63) is 83.9 Å². The van der Waals surface area contributed by atoms with Gasteiger partial charge in [0.05, 0.1) is 4.90 Å². The maximum atomic E-state index is 13.2. The molecule has 8 heteroatoms. The zero-order valence-corrected chi connectivity index (χ0v) is 20.7. The summed E-state index contributed by atoms with van der Waals surface area (Å²) < 4.78 is 29.6. The number of nitrogens with one attached hydrogen (secondary N) is 1. The molecule has 1 fully saturated rings. The third kappa shape index (κ3) is 5.08. The maximum Gasteiger partial charge on any atom is 0.243 e. The number of hydrogen-bond acceptors (Lipinski definition) is 4. The van der Waals surface area contributed by atoms with Crippen molar-refractivity contribution >= 4 is 15.9 Å². The minimum atomic E-state index is -3.57. The van der Waals surface area contributed by atoms with Gasteiger partial charge in [0.15, 0.2) is 0 Å². The first kappa shape index (κ1) is 24.2. The molecule has 1 aromatic heterocycles. The number of rotatable bonds is 7. The van der Waals surface area contributed by atoms with Gasteiger partial charge < -0.3 is 9.88 Å². The highest BCUT2D eigenvalue weighted by atomic mass is 32.2. The predicted molar refractivity (Wildman–Crippen MR) is 132 cm³/mol. The summed E-state index contributed by atoms with van der Waals surface area (Å²) in [6.07, 6.45) is 4.54. The lowest BCUT2D eigenvalue weighted by molar-refractivity contribution is -0.126. The highest BCUT2D eigenvalue weighted by Crippen LogP contribution is 2.27. The van der Waals surface area contributed by atoms with Crippen LogP contribution in [0.25, 0.3) is 0 Å². The first-order chi connectivity index (χ1) is 16.3. The van der Waals surface area contributed by atoms with Gasteiger partial charge in [0.25, 0.3) is 0 Å². The van der Waals surface area contributed by atoms with E-state index in [-0.39, 0.29) is 17.9 Å². The minimum absolute atomic E-state index is 0.0739. The average molecular weight is 481 g/mol. The molecule has 34 heavy (non-hydrogen) atoms. The van der Waals surface area contributed by atoms with Gasteiger partial charge >= 0.3 is 0 Å². The van der Waals surface area contributed by atoms with Gasteiger partial charge in [-0.3, -0.25) is 4.79 Å². The summed E-state index contributed by atoms with van der Waals surface area (Å²) in [6.45, 7) is 4.81. The van der Waals surface area contributed by atoms with Crippen LogP contribution in [0.2, 0.25) is 0 Å². The van der Waals surface area contributed by atoms with Crippen LogP contribution in [0.5, 0.6) is 0 Å². The van der Waals surface area contributed by atoms with Crippen LogP contribution in [0.15, 0.2) is 71.9 Å². The first-order valence-corrected chi connectivity index (χ1v) is 13.1. The molecule has 7 nitrogen and oxygen atoms in total. The standard InChI is InChI=1S/C26H32N4O3S/c1-19(2)20-9-11-23(12-10-20)34(32,33)30-16-13-22(14-17-30)26(31)28-24(21-7-5-4-6-8-21)25-27-15-18-29(25)3/h4-12,15,18-19,22,24H,13-14,16-17H2,1-3H3,(H,28,31). The molecule has 1 aliphatic heterocycles. The highest BCUT2D eigenvalue weighted by Gasteiger charge is 2.33. The molecule has 1 amide bonds. The Balaban J connectivity index is 1.43. The molecule has 0 saturated carbocycles. The van der Waals surface area contributed by atoms with Gasteiger partial charge in [-0.15, -0.1) is 0 Å². The van der Waals surface area contributed by atoms with E-state index in [1.54, 1.807) is 18.3 Å². The summed E-state index contributed by atoms with van der Waals surface area (Å²) in [4.78, 5) is 18.0. The fourth-order valence-electron chi connectivity index (χ4n) is 4.39. The third-order valence-electron chi connectivity index (χ3n) is 6.55. The van der Waals surface area contributed by atoms with Gasteiger partial charge in [0, 0.05) is 38.4 Å². The van der Waals surface area contributed by atoms with Crippen LogP contribution in [0.1, 0.15) is 55.6 Å². The zero-order chi connectivity index (χ0) is 24.3. The van der Waals surface area contributed by atoms with Crippen LogP contribution < -0.4 is 5.32 Å². The summed E-state index contributed by atoms with van der Waals surface area (Å²) in [5.41, 5.74) is 2.06. The fraction of sp³-hybridized carbons (Fsp3) is 0.385. The quantitative estimate of drug-likeness (QED) is 0.557. The Bertz CT molecular complexity index is 1210. The van der Waals surface area contributed by atoms with Crippen LogP contribution in [-0.2, 0) is 21.9 Å². The van der Waals surface area contributed by atoms with E-state index in [4.69, 9.17) is 0 Å². The van der Waals surface area contributed by atoms with Crippen LogP contribution >= 0.6 is 0 Å². The number of hydrogen-bond donors (Lipinski definition) is 1. The molecular weight excluding hydrogens is 448 g/mol. The first-order valence-electron chi connectivity index (χ1n) is 11.7. The highest BCUT2D eigenvalue weighted by molar-refractivity contribution is 7.89. The molecule has 4 rings (SSSR count). The van der Waals surface area contributed by atoms with Crippen molar-refractivity contribution in [1.29, 1.82) is 0 Å². The largest absolute Gasteiger partial charge is 0.342 e. The van der Waals surface area contributed by atoms with Crippen LogP contribution in [0, 0.1) is 5.92 Å². The van der Waals surface area contributed by atoms with Gasteiger partial charge in [0.2, 0.25) is 15.9 Å². The Morgan fingerprint density at radius 2 is 1.65 bits per heavy atom. The number of benzene rings is 2. The van der Waals surface area contributed by atoms with Crippen molar-refractivity contribution in [3.8, 4) is 0 Å². The molecule has 1 aliphatic rings. The molecule has 2 heterocycles. The van der Waals surface area contributed by atoms with E-state index in [9.17, 15) is 13.2 Å². The summed E-state index contributed by atoms with van der Waals surface area (Å²) in [5.74, 6) is 0.775. The molecular formula is C26H32N4O3S. The number of piperidine rings is 1. The molecule has 180 valence electrons. The van der Waals surface area contributed by atoms with E-state index < -0.39 is 10.0 Å². The normalized spacial score (nSPS) is 16.5. The monoisotopic (exact) mass is 480 g/mol. The topological polar surface area (TPSA) is 84.3 Å². The molecule has 0 bridgehead atoms. The molecule has 0 radical (unpaired) electrons. The van der Waals surface area contributed by atoms with Crippen molar-refractivity contribution in [1.82, 2.24) is 19.2 Å². The van der Waals surface area contributed by atoms with Crippen LogP contribution in [0.4, 0.5) is 0 Å². The molecule has 0 aliphatic carbocycles. The van der Waals surface area contributed by atoms with Crippen molar-refractivity contribution in [2.24, 2.45) is 13.0 Å². The lowest BCUT2D eigenvalue weighted by Gasteiger charge is -2.31. The average Bonchev–Trinajstić information content (AvgIpc) is 3.28. The second-order valence-corrected chi connectivity index (χ2v) is 11.1. The van der Waals surface area contributed by atoms with Crippen LogP contribution in [-0.4, -0.2) is 41.3 Å². The number of imidazole rings is 1. The number of sulfonamides is 1. The molecule has 3 aromatic rings. The van der Waals surface area contributed by atoms with Crippen molar-refractivity contribution in [2.75, 3.05) is 13.1 Å². The zero-order valence-electron chi connectivity index (χ0n) is 19.9. The number of carbonyl (C=O) groups is 1. The predicted octanol–water partition coefficient (Wildman–Crippen LogP) is 3.85. The van der Waals surface area contributed by atoms with Crippen molar-refractivity contribution < 1.29 is 13.2 Å². The van der Waals surface area contributed by atoms with E-state index >= 15 is 0 Å². The number of carbonyl (C=O) groups excluding carboxylic acids is 1. The second-order valence-electron chi connectivity index (χ2n) is 9.15. The van der Waals surface area contributed by atoms with E-state index in [2.05, 4.69) is 24.1 Å². The Labute approximate surface area is 201 Å². The minimum Gasteiger partial charge on any atom is -0.342 e. The summed E-state index contributed by atoms with van der Waals surface area (Å²) >= 11 is 0. The molecule has 1 unspecified atom stereocenters. The number of aromatic nitrogens is 2. The van der Waals surface area contributed by atoms with Gasteiger partial charge in [-0.2, -0.15) is 4.31 Å². The van der Waals surface area contributed by atoms with Gasteiger partial charge in [-0.25, -0.2) is 13.4 Å². The van der Waals surface area contributed by atoms with E-state index in [0.29, 0.717) is 36.7 Å². The van der Waals surface area contributed by atoms with E-state index in [0.717, 1.165) is 17.0 Å². The van der Waals surface area contributed by atoms with Gasteiger partial charge in [0.1, 0.15) is 11.9 Å². The summed E-state index contributed by atoms with van der Waals surface area (Å²) in [5, 5.41) is 3.16. The maximum absolute atomic E-state index is 13.2. The Morgan fingerprint density at radius 1 is 1.00 bits per heavy atom. The molecule has 0 spiro atoms. The second kappa shape index (κ2) is 10.1. The molecule has 1 saturated heterocycles. The lowest BCUT2D eigenvalue weighted by atomic mass is 9.96. The fourth-order valence-corrected chi connectivity index (χ4v) is 5.86. The number of aryl methyl sites for hydroxylation is 1. The molecule has 2 aromatic carbocycles. The third-order valence-corrected chi connectivity index (χ3v) is 8.46. The summed E-state index contributed by atoms with van der Waals surface area (Å²) in [7, 11) is -1.67. The van der Waals surface area contributed by atoms with E-state index in [1.165, 1.54) is 4.31 Å². The Morgan fingerprint density at radius 3 is 2.21 bits per heavy atom. The van der Waals surface area contributed by atoms with Crippen molar-refractivity contribution in [3.63, 3.8) is 0 Å². The molecule has 1 N–H and O–H groups in total. The Hall–Kier alpha value is -2.97. The van der Waals surface area contributed by atoms with E-state index in [1.807, 2.05) is 60.3 Å². The smallest absolute Gasteiger partial charge is 0.243 e. The van der Waals surface area contributed by atoms with Crippen molar-refractivity contribution in [2.45, 2.75) is 43.5 Å². The van der Waals surface area contributed by atoms with Gasteiger partial charge in [-0.1, -0.05) is 56.3 Å². The summed E-state index contributed by atoms with van der Waals surface area (Å²) in [6, 6.07) is 16.5. The lowest BCUT2D eigenvalue weighted by Crippen LogP contribution is -2.44. The number of nitrogens with zero attached hydrogens (tertiary/aromatic N) is 3. The Kier molecular flexibility index (Phi) is 7.19. The van der Waals surface area contributed by atoms with Gasteiger partial charge in [-0.05, 0) is 42.0 Å². The van der Waals surface area contributed by atoms with Crippen LogP contribution in [0.3, 0.4) is 0 Å². The molecule has 1 atom stereocenters. The SMILES string of the molecule is CC(C)c1ccc(S(=O)(=O)N2CCC(C(=O)NC(c3ccccc3)c3nccn3C)CC2)cc1.